The molecule has 1 aliphatic heterocycles. The Labute approximate surface area is 102 Å². The van der Waals surface area contributed by atoms with E-state index in [-0.39, 0.29) is 38.4 Å². The van der Waals surface area contributed by atoms with Crippen LogP contribution in [0.2, 0.25) is 0 Å². The summed E-state index contributed by atoms with van der Waals surface area (Å²) in [4.78, 5) is 23.3. The van der Waals surface area contributed by atoms with E-state index < -0.39 is 24.7 Å². The summed E-state index contributed by atoms with van der Waals surface area (Å²) in [6.45, 7) is -1.08. The number of hydrogen-bond donors (Lipinski definition) is 1. The average Bonchev–Trinajstić information content (AvgIpc) is 2.58. The third-order valence-electron chi connectivity index (χ3n) is 2.55. The summed E-state index contributed by atoms with van der Waals surface area (Å²) in [5, 5.41) is 8.72. The van der Waals surface area contributed by atoms with Crippen molar-refractivity contribution in [3.63, 3.8) is 0 Å². The Morgan fingerprint density at radius 1 is 1.50 bits per heavy atom. The molecular formula is C10H14F3NO4. The van der Waals surface area contributed by atoms with E-state index in [4.69, 9.17) is 5.11 Å². The molecule has 0 bridgehead atoms. The second-order valence-corrected chi connectivity index (χ2v) is 4.10. The first kappa shape index (κ1) is 14.7. The van der Waals surface area contributed by atoms with Gasteiger partial charge in [-0.2, -0.15) is 13.2 Å². The van der Waals surface area contributed by atoms with Crippen molar-refractivity contribution in [2.45, 2.75) is 19.0 Å². The topological polar surface area (TPSA) is 66.8 Å². The van der Waals surface area contributed by atoms with Gasteiger partial charge < -0.3 is 14.7 Å². The monoisotopic (exact) mass is 269 g/mol. The number of aliphatic carboxylic acids is 1. The molecule has 1 heterocycles. The molecule has 1 N–H and O–H groups in total. The quantitative estimate of drug-likeness (QED) is 0.727. The summed E-state index contributed by atoms with van der Waals surface area (Å²) in [6.07, 6.45) is -4.13. The first-order valence-corrected chi connectivity index (χ1v) is 5.44. The molecule has 0 aromatic heterocycles. The highest BCUT2D eigenvalue weighted by Crippen LogP contribution is 2.18. The van der Waals surface area contributed by atoms with Crippen molar-refractivity contribution in [1.82, 2.24) is 4.90 Å². The predicted octanol–water partition coefficient (Wildman–Crippen LogP) is 0.889. The molecule has 104 valence electrons. The standard InChI is InChI=1S/C10H14F3NO4/c11-10(12,13)6-18-3-1-2-14-5-7(9(16)17)4-8(14)15/h7H,1-6H2,(H,16,17). The summed E-state index contributed by atoms with van der Waals surface area (Å²) in [5.74, 6) is -2.02. The van der Waals surface area contributed by atoms with Gasteiger partial charge in [0.05, 0.1) is 5.92 Å². The second kappa shape index (κ2) is 6.03. The van der Waals surface area contributed by atoms with Gasteiger partial charge in [-0.3, -0.25) is 9.59 Å². The van der Waals surface area contributed by atoms with E-state index in [0.29, 0.717) is 0 Å². The van der Waals surface area contributed by atoms with Gasteiger partial charge in [-0.15, -0.1) is 0 Å². The molecular weight excluding hydrogens is 255 g/mol. The molecule has 1 atom stereocenters. The molecule has 5 nitrogen and oxygen atoms in total. The summed E-state index contributed by atoms with van der Waals surface area (Å²) in [5.41, 5.74) is 0. The molecule has 18 heavy (non-hydrogen) atoms. The summed E-state index contributed by atoms with van der Waals surface area (Å²) < 4.78 is 39.6. The van der Waals surface area contributed by atoms with E-state index in [0.717, 1.165) is 0 Å². The number of amides is 1. The highest BCUT2D eigenvalue weighted by atomic mass is 19.4. The fourth-order valence-electron chi connectivity index (χ4n) is 1.70. The fraction of sp³-hybridized carbons (Fsp3) is 0.800. The zero-order valence-corrected chi connectivity index (χ0v) is 9.57. The van der Waals surface area contributed by atoms with Crippen molar-refractivity contribution in [3.05, 3.63) is 0 Å². The zero-order valence-electron chi connectivity index (χ0n) is 9.57. The maximum Gasteiger partial charge on any atom is 0.411 e. The molecule has 1 amide bonds. The first-order chi connectivity index (χ1) is 8.29. The van der Waals surface area contributed by atoms with E-state index in [1.54, 1.807) is 0 Å². The number of likely N-dealkylation sites (tertiary alicyclic amines) is 1. The minimum Gasteiger partial charge on any atom is -0.481 e. The Bertz CT molecular complexity index is 319. The number of carboxylic acids is 1. The molecule has 0 radical (unpaired) electrons. The van der Waals surface area contributed by atoms with Crippen LogP contribution in [0.5, 0.6) is 0 Å². The fourth-order valence-corrected chi connectivity index (χ4v) is 1.70. The van der Waals surface area contributed by atoms with Crippen LogP contribution in [0, 0.1) is 5.92 Å². The van der Waals surface area contributed by atoms with Crippen LogP contribution in [0.3, 0.4) is 0 Å². The third-order valence-corrected chi connectivity index (χ3v) is 2.55. The van der Waals surface area contributed by atoms with Gasteiger partial charge in [0.15, 0.2) is 0 Å². The second-order valence-electron chi connectivity index (χ2n) is 4.10. The number of alkyl halides is 3. The number of halogens is 3. The highest BCUT2D eigenvalue weighted by molar-refractivity contribution is 5.86. The van der Waals surface area contributed by atoms with E-state index >= 15 is 0 Å². The van der Waals surface area contributed by atoms with E-state index in [9.17, 15) is 22.8 Å². The molecule has 0 aromatic carbocycles. The Morgan fingerprint density at radius 3 is 2.67 bits per heavy atom. The van der Waals surface area contributed by atoms with Crippen LogP contribution in [0.15, 0.2) is 0 Å². The molecule has 8 heteroatoms. The lowest BCUT2D eigenvalue weighted by atomic mass is 10.1. The van der Waals surface area contributed by atoms with E-state index in [2.05, 4.69) is 4.74 Å². The van der Waals surface area contributed by atoms with E-state index in [1.165, 1.54) is 4.90 Å². The number of rotatable bonds is 6. The molecule has 1 rings (SSSR count). The zero-order chi connectivity index (χ0) is 13.8. The van der Waals surface area contributed by atoms with Crippen LogP contribution < -0.4 is 0 Å². The van der Waals surface area contributed by atoms with Crippen molar-refractivity contribution < 1.29 is 32.6 Å². The lowest BCUT2D eigenvalue weighted by Gasteiger charge is -2.15. The Balaban J connectivity index is 2.17. The van der Waals surface area contributed by atoms with Crippen LogP contribution >= 0.6 is 0 Å². The summed E-state index contributed by atoms with van der Waals surface area (Å²) in [6, 6.07) is 0. The largest absolute Gasteiger partial charge is 0.481 e. The Morgan fingerprint density at radius 2 is 2.17 bits per heavy atom. The minimum absolute atomic E-state index is 0.0429. The van der Waals surface area contributed by atoms with Crippen molar-refractivity contribution in [2.75, 3.05) is 26.3 Å². The Kier molecular flexibility index (Phi) is 4.94. The molecule has 1 saturated heterocycles. The maximum atomic E-state index is 11.7. The maximum absolute atomic E-state index is 11.7. The van der Waals surface area contributed by atoms with Gasteiger partial charge >= 0.3 is 12.1 Å². The van der Waals surface area contributed by atoms with E-state index in [1.807, 2.05) is 0 Å². The smallest absolute Gasteiger partial charge is 0.411 e. The number of carboxylic acid groups (broad SMARTS) is 1. The van der Waals surface area contributed by atoms with Crippen LogP contribution in [0.4, 0.5) is 13.2 Å². The van der Waals surface area contributed by atoms with Gasteiger partial charge in [-0.1, -0.05) is 0 Å². The number of carbonyl (C=O) groups excluding carboxylic acids is 1. The van der Waals surface area contributed by atoms with Crippen LogP contribution in [-0.2, 0) is 14.3 Å². The number of carbonyl (C=O) groups is 2. The Hall–Kier alpha value is -1.31. The molecule has 0 aromatic rings. The molecule has 1 aliphatic rings. The number of nitrogens with zero attached hydrogens (tertiary/aromatic N) is 1. The lowest BCUT2D eigenvalue weighted by molar-refractivity contribution is -0.174. The van der Waals surface area contributed by atoms with Crippen LogP contribution in [-0.4, -0.2) is 54.4 Å². The van der Waals surface area contributed by atoms with Crippen molar-refractivity contribution in [1.29, 1.82) is 0 Å². The molecule has 0 saturated carbocycles. The van der Waals surface area contributed by atoms with Gasteiger partial charge in [-0.25, -0.2) is 0 Å². The number of hydrogen-bond acceptors (Lipinski definition) is 3. The summed E-state index contributed by atoms with van der Waals surface area (Å²) in [7, 11) is 0. The van der Waals surface area contributed by atoms with Crippen LogP contribution in [0.1, 0.15) is 12.8 Å². The van der Waals surface area contributed by atoms with Crippen molar-refractivity contribution in [3.8, 4) is 0 Å². The molecule has 0 spiro atoms. The summed E-state index contributed by atoms with van der Waals surface area (Å²) >= 11 is 0. The molecule has 1 fully saturated rings. The first-order valence-electron chi connectivity index (χ1n) is 5.44. The van der Waals surface area contributed by atoms with Gasteiger partial charge in [0.2, 0.25) is 5.91 Å². The average molecular weight is 269 g/mol. The normalized spacial score (nSPS) is 20.5. The lowest BCUT2D eigenvalue weighted by Crippen LogP contribution is -2.28. The van der Waals surface area contributed by atoms with Gasteiger partial charge in [0.25, 0.3) is 0 Å². The molecule has 1 unspecified atom stereocenters. The van der Waals surface area contributed by atoms with Gasteiger partial charge in [-0.05, 0) is 6.42 Å². The van der Waals surface area contributed by atoms with Crippen molar-refractivity contribution in [2.24, 2.45) is 5.92 Å². The minimum atomic E-state index is -4.35. The highest BCUT2D eigenvalue weighted by Gasteiger charge is 2.33. The van der Waals surface area contributed by atoms with Crippen molar-refractivity contribution >= 4 is 11.9 Å². The van der Waals surface area contributed by atoms with Gasteiger partial charge in [0, 0.05) is 26.1 Å². The van der Waals surface area contributed by atoms with Gasteiger partial charge in [0.1, 0.15) is 6.61 Å². The predicted molar refractivity (Wildman–Crippen MR) is 53.8 cm³/mol. The third kappa shape index (κ3) is 4.91. The van der Waals surface area contributed by atoms with Crippen LogP contribution in [0.25, 0.3) is 0 Å². The number of ether oxygens (including phenoxy) is 1. The molecule has 0 aliphatic carbocycles. The SMILES string of the molecule is O=C(O)C1CC(=O)N(CCCOCC(F)(F)F)C1.